The summed E-state index contributed by atoms with van der Waals surface area (Å²) >= 11 is 5.90. The second kappa shape index (κ2) is 6.36. The van der Waals surface area contributed by atoms with Crippen molar-refractivity contribution in [3.05, 3.63) is 51.8 Å². The van der Waals surface area contributed by atoms with Gasteiger partial charge in [0.05, 0.1) is 5.69 Å². The number of carbonyl (C=O) groups excluding carboxylic acids is 1. The predicted molar refractivity (Wildman–Crippen MR) is 91.7 cm³/mol. The van der Waals surface area contributed by atoms with Gasteiger partial charge in [0.25, 0.3) is 0 Å². The molecule has 5 heteroatoms. The molecular formula is C18H22ClN3O. The van der Waals surface area contributed by atoms with E-state index in [2.05, 4.69) is 17.3 Å². The highest BCUT2D eigenvalue weighted by molar-refractivity contribution is 6.30. The molecule has 0 spiro atoms. The van der Waals surface area contributed by atoms with Gasteiger partial charge in [0.1, 0.15) is 0 Å². The number of nitrogens with zero attached hydrogens (tertiary/aromatic N) is 2. The Morgan fingerprint density at radius 1 is 1.35 bits per heavy atom. The van der Waals surface area contributed by atoms with E-state index in [4.69, 9.17) is 11.6 Å². The third-order valence-corrected chi connectivity index (χ3v) is 5.01. The van der Waals surface area contributed by atoms with Crippen LogP contribution in [0.3, 0.4) is 0 Å². The minimum absolute atomic E-state index is 0.104. The number of rotatable bonds is 5. The van der Waals surface area contributed by atoms with Gasteiger partial charge in [-0.1, -0.05) is 23.7 Å². The summed E-state index contributed by atoms with van der Waals surface area (Å²) < 4.78 is 1.89. The number of benzene rings is 1. The molecular weight excluding hydrogens is 310 g/mol. The topological polar surface area (TPSA) is 46.9 Å². The number of nitrogens with one attached hydrogen (secondary N) is 1. The molecule has 0 aliphatic heterocycles. The average molecular weight is 332 g/mol. The van der Waals surface area contributed by atoms with Gasteiger partial charge >= 0.3 is 0 Å². The van der Waals surface area contributed by atoms with Crippen LogP contribution in [0.4, 0.5) is 0 Å². The van der Waals surface area contributed by atoms with Crippen LogP contribution in [0, 0.1) is 19.8 Å². The van der Waals surface area contributed by atoms with Gasteiger partial charge in [0.2, 0.25) is 5.91 Å². The number of aryl methyl sites for hydroxylation is 2. The van der Waals surface area contributed by atoms with Gasteiger partial charge in [0.15, 0.2) is 0 Å². The van der Waals surface area contributed by atoms with Crippen molar-refractivity contribution in [3.8, 4) is 0 Å². The first-order valence-corrected chi connectivity index (χ1v) is 8.37. The maximum Gasteiger partial charge on any atom is 0.223 e. The van der Waals surface area contributed by atoms with Gasteiger partial charge in [-0.15, -0.1) is 0 Å². The van der Waals surface area contributed by atoms with Gasteiger partial charge in [-0.25, -0.2) is 0 Å². The van der Waals surface area contributed by atoms with Crippen LogP contribution in [-0.4, -0.2) is 22.2 Å². The molecule has 0 saturated heterocycles. The van der Waals surface area contributed by atoms with Crippen LogP contribution in [0.25, 0.3) is 0 Å². The van der Waals surface area contributed by atoms with Crippen LogP contribution in [0.15, 0.2) is 24.3 Å². The summed E-state index contributed by atoms with van der Waals surface area (Å²) in [5.74, 6) is 0.602. The molecule has 0 radical (unpaired) electrons. The van der Waals surface area contributed by atoms with Crippen molar-refractivity contribution < 1.29 is 4.79 Å². The third kappa shape index (κ3) is 3.42. The number of carbonyl (C=O) groups is 1. The zero-order valence-corrected chi connectivity index (χ0v) is 14.5. The van der Waals surface area contributed by atoms with Gasteiger partial charge in [-0.2, -0.15) is 5.10 Å². The number of aromatic nitrogens is 2. The first-order chi connectivity index (χ1) is 11.0. The molecule has 23 heavy (non-hydrogen) atoms. The maximum absolute atomic E-state index is 12.3. The highest BCUT2D eigenvalue weighted by Gasteiger charge is 2.43. The first-order valence-electron chi connectivity index (χ1n) is 7.99. The van der Waals surface area contributed by atoms with Crippen LogP contribution in [-0.2, 0) is 18.3 Å². The summed E-state index contributed by atoms with van der Waals surface area (Å²) in [5, 5.41) is 8.21. The molecule has 1 fully saturated rings. The average Bonchev–Trinajstić information content (AvgIpc) is 3.27. The van der Waals surface area contributed by atoms with E-state index in [1.54, 1.807) is 0 Å². The summed E-state index contributed by atoms with van der Waals surface area (Å²) in [6, 6.07) is 7.81. The Hall–Kier alpha value is -1.81. The van der Waals surface area contributed by atoms with Crippen molar-refractivity contribution >= 4 is 17.5 Å². The van der Waals surface area contributed by atoms with Gasteiger partial charge in [-0.3, -0.25) is 9.48 Å². The Balaban J connectivity index is 1.50. The highest BCUT2D eigenvalue weighted by atomic mass is 35.5. The second-order valence-corrected chi connectivity index (χ2v) is 6.75. The lowest BCUT2D eigenvalue weighted by molar-refractivity contribution is -0.122. The van der Waals surface area contributed by atoms with Crippen molar-refractivity contribution in [2.45, 2.75) is 32.6 Å². The fraction of sp³-hybridized carbons (Fsp3) is 0.444. The van der Waals surface area contributed by atoms with Crippen molar-refractivity contribution in [2.75, 3.05) is 6.54 Å². The molecule has 2 atom stereocenters. The van der Waals surface area contributed by atoms with E-state index in [1.165, 1.54) is 16.8 Å². The van der Waals surface area contributed by atoms with E-state index in [0.717, 1.165) is 23.6 Å². The largest absolute Gasteiger partial charge is 0.356 e. The lowest BCUT2D eigenvalue weighted by atomic mass is 10.1. The molecule has 2 aromatic rings. The zero-order chi connectivity index (χ0) is 16.6. The minimum Gasteiger partial charge on any atom is -0.356 e. The van der Waals surface area contributed by atoms with E-state index < -0.39 is 0 Å². The van der Waals surface area contributed by atoms with Crippen molar-refractivity contribution in [3.63, 3.8) is 0 Å². The number of amides is 1. The van der Waals surface area contributed by atoms with Gasteiger partial charge in [-0.05, 0) is 55.9 Å². The summed E-state index contributed by atoms with van der Waals surface area (Å²) in [6.07, 6.45) is 1.76. The van der Waals surface area contributed by atoms with Gasteiger partial charge < -0.3 is 5.32 Å². The van der Waals surface area contributed by atoms with Crippen LogP contribution < -0.4 is 5.32 Å². The van der Waals surface area contributed by atoms with Crippen LogP contribution in [0.1, 0.15) is 34.9 Å². The van der Waals surface area contributed by atoms with E-state index >= 15 is 0 Å². The lowest BCUT2D eigenvalue weighted by Gasteiger charge is -2.06. The Labute approximate surface area is 141 Å². The Morgan fingerprint density at radius 3 is 2.65 bits per heavy atom. The molecule has 0 bridgehead atoms. The molecule has 3 rings (SSSR count). The van der Waals surface area contributed by atoms with Crippen molar-refractivity contribution in [1.29, 1.82) is 0 Å². The normalized spacial score (nSPS) is 19.7. The van der Waals surface area contributed by atoms with Gasteiger partial charge in [0, 0.05) is 30.2 Å². The molecule has 1 heterocycles. The molecule has 1 aromatic heterocycles. The molecule has 122 valence electrons. The quantitative estimate of drug-likeness (QED) is 0.914. The van der Waals surface area contributed by atoms with E-state index in [1.807, 2.05) is 42.9 Å². The first kappa shape index (κ1) is 16.1. The molecule has 1 aliphatic carbocycles. The molecule has 1 aliphatic rings. The molecule has 4 nitrogen and oxygen atoms in total. The summed E-state index contributed by atoms with van der Waals surface area (Å²) in [7, 11) is 1.95. The smallest absolute Gasteiger partial charge is 0.223 e. The van der Waals surface area contributed by atoms with Crippen LogP contribution in [0.5, 0.6) is 0 Å². The summed E-state index contributed by atoms with van der Waals surface area (Å²) in [5.41, 5.74) is 4.65. The molecule has 1 aromatic carbocycles. The van der Waals surface area contributed by atoms with E-state index in [-0.39, 0.29) is 11.8 Å². The van der Waals surface area contributed by atoms with Crippen LogP contribution >= 0.6 is 11.6 Å². The maximum atomic E-state index is 12.3. The van der Waals surface area contributed by atoms with Crippen molar-refractivity contribution in [1.82, 2.24) is 15.1 Å². The molecule has 1 amide bonds. The fourth-order valence-electron chi connectivity index (χ4n) is 3.18. The highest BCUT2D eigenvalue weighted by Crippen LogP contribution is 2.47. The fourth-order valence-corrected chi connectivity index (χ4v) is 3.31. The molecule has 1 saturated carbocycles. The monoisotopic (exact) mass is 331 g/mol. The van der Waals surface area contributed by atoms with E-state index in [0.29, 0.717) is 12.5 Å². The van der Waals surface area contributed by atoms with Crippen LogP contribution in [0.2, 0.25) is 5.02 Å². The SMILES string of the molecule is Cc1nn(C)c(C)c1CCNC(=O)[C@H]1C[C@@H]1c1ccc(Cl)cc1. The Morgan fingerprint density at radius 2 is 2.04 bits per heavy atom. The predicted octanol–water partition coefficient (Wildman–Crippen LogP) is 3.15. The molecule has 1 N–H and O–H groups in total. The Kier molecular flexibility index (Phi) is 4.44. The second-order valence-electron chi connectivity index (χ2n) is 6.31. The Bertz CT molecular complexity index is 721. The summed E-state index contributed by atoms with van der Waals surface area (Å²) in [6.45, 7) is 4.74. The number of hydrogen-bond donors (Lipinski definition) is 1. The lowest BCUT2D eigenvalue weighted by Crippen LogP contribution is -2.27. The summed E-state index contributed by atoms with van der Waals surface area (Å²) in [4.78, 5) is 12.3. The molecule has 0 unspecified atom stereocenters. The number of halogens is 1. The standard InChI is InChI=1S/C18H22ClN3O/c1-11-15(12(2)22(3)21-11)8-9-20-18(23)17-10-16(17)13-4-6-14(19)7-5-13/h4-7,16-17H,8-10H2,1-3H3,(H,20,23)/t16-,17+/m1/s1. The zero-order valence-electron chi connectivity index (χ0n) is 13.8. The number of hydrogen-bond acceptors (Lipinski definition) is 2. The van der Waals surface area contributed by atoms with Crippen molar-refractivity contribution in [2.24, 2.45) is 13.0 Å². The third-order valence-electron chi connectivity index (χ3n) is 4.76. The minimum atomic E-state index is 0.104. The van der Waals surface area contributed by atoms with E-state index in [9.17, 15) is 4.79 Å².